The van der Waals surface area contributed by atoms with Gasteiger partial charge in [0.05, 0.1) is 37.7 Å². The second kappa shape index (κ2) is 8.99. The van der Waals surface area contributed by atoms with Gasteiger partial charge in [0.1, 0.15) is 5.03 Å². The maximum absolute atomic E-state index is 12.4. The summed E-state index contributed by atoms with van der Waals surface area (Å²) in [5.74, 6) is 1.33. The van der Waals surface area contributed by atoms with Crippen LogP contribution in [0.25, 0.3) is 16.8 Å². The van der Waals surface area contributed by atoms with Crippen molar-refractivity contribution < 1.29 is 22.7 Å². The van der Waals surface area contributed by atoms with E-state index in [1.54, 1.807) is 24.9 Å². The van der Waals surface area contributed by atoms with Crippen LogP contribution in [0.15, 0.2) is 35.5 Å². The minimum Gasteiger partial charge on any atom is -0.493 e. The number of methoxy groups -OCH3 is 2. The number of nitrogens with one attached hydrogen (secondary N) is 1. The fourth-order valence-electron chi connectivity index (χ4n) is 3.68. The molecule has 32 heavy (non-hydrogen) atoms. The highest BCUT2D eigenvalue weighted by atomic mass is 32.2. The van der Waals surface area contributed by atoms with E-state index in [2.05, 4.69) is 15.4 Å². The van der Waals surface area contributed by atoms with Crippen molar-refractivity contribution in [1.29, 1.82) is 0 Å². The van der Waals surface area contributed by atoms with Gasteiger partial charge in [0, 0.05) is 17.3 Å². The first-order valence-corrected chi connectivity index (χ1v) is 12.8. The molecule has 1 N–H and O–H groups in total. The minimum atomic E-state index is -3.04. The lowest BCUT2D eigenvalue weighted by atomic mass is 10.1. The van der Waals surface area contributed by atoms with Crippen LogP contribution in [0.3, 0.4) is 0 Å². The van der Waals surface area contributed by atoms with E-state index in [9.17, 15) is 13.2 Å². The maximum Gasteiger partial charge on any atom is 0.230 e. The molecule has 9 nitrogen and oxygen atoms in total. The summed E-state index contributed by atoms with van der Waals surface area (Å²) in [5.41, 5.74) is 3.18. The molecular weight excluding hydrogens is 452 g/mol. The Hall–Kier alpha value is -2.79. The highest BCUT2D eigenvalue weighted by Gasteiger charge is 2.28. The zero-order chi connectivity index (χ0) is 22.9. The molecule has 11 heteroatoms. The van der Waals surface area contributed by atoms with Crippen LogP contribution in [0.4, 0.5) is 0 Å². The quantitative estimate of drug-likeness (QED) is 0.408. The molecule has 170 valence electrons. The lowest BCUT2D eigenvalue weighted by Crippen LogP contribution is -2.36. The van der Waals surface area contributed by atoms with Gasteiger partial charge in [0.15, 0.2) is 27.0 Å². The predicted octanol–water partition coefficient (Wildman–Crippen LogP) is 2.12. The Kier molecular flexibility index (Phi) is 6.29. The molecule has 1 aromatic carbocycles. The molecule has 1 atom stereocenters. The van der Waals surface area contributed by atoms with Gasteiger partial charge in [-0.2, -0.15) is 5.10 Å². The van der Waals surface area contributed by atoms with E-state index in [0.29, 0.717) is 23.6 Å². The third kappa shape index (κ3) is 4.68. The number of hydrogen-bond donors (Lipinski definition) is 1. The number of carbonyl (C=O) groups is 1. The zero-order valence-electron chi connectivity index (χ0n) is 18.0. The molecule has 2 aromatic heterocycles. The van der Waals surface area contributed by atoms with Crippen molar-refractivity contribution in [2.24, 2.45) is 0 Å². The first kappa shape index (κ1) is 22.4. The number of benzene rings is 1. The zero-order valence-corrected chi connectivity index (χ0v) is 19.6. The van der Waals surface area contributed by atoms with Crippen LogP contribution in [0.1, 0.15) is 12.1 Å². The molecule has 1 saturated heterocycles. The van der Waals surface area contributed by atoms with Gasteiger partial charge in [-0.05, 0) is 37.1 Å². The van der Waals surface area contributed by atoms with Crippen molar-refractivity contribution in [1.82, 2.24) is 19.9 Å². The largest absolute Gasteiger partial charge is 0.493 e. The fourth-order valence-corrected chi connectivity index (χ4v) is 6.22. The summed E-state index contributed by atoms with van der Waals surface area (Å²) in [6.07, 6.45) is 2.20. The van der Waals surface area contributed by atoms with E-state index >= 15 is 0 Å². The highest BCUT2D eigenvalue weighted by molar-refractivity contribution is 7.99. The SMILES string of the molecule is COc1ccc(-c2cnn3c(SCC(=O)N[C@@H]4CCS(=O)(=O)C4)cc(C)nc23)cc1OC. The Labute approximate surface area is 190 Å². The normalized spacial score (nSPS) is 17.4. The Morgan fingerprint density at radius 2 is 2.03 bits per heavy atom. The highest BCUT2D eigenvalue weighted by Crippen LogP contribution is 2.34. The summed E-state index contributed by atoms with van der Waals surface area (Å²) < 4.78 is 35.6. The number of carbonyl (C=O) groups excluding carboxylic acids is 1. The second-order valence-corrected chi connectivity index (χ2v) is 10.8. The number of nitrogens with zero attached hydrogens (tertiary/aromatic N) is 3. The number of amides is 1. The first-order valence-electron chi connectivity index (χ1n) is 10.00. The van der Waals surface area contributed by atoms with Crippen LogP contribution in [-0.4, -0.2) is 66.4 Å². The van der Waals surface area contributed by atoms with Gasteiger partial charge in [0.2, 0.25) is 5.91 Å². The number of aromatic nitrogens is 3. The number of aryl methyl sites for hydroxylation is 1. The summed E-state index contributed by atoms with van der Waals surface area (Å²) in [5, 5.41) is 8.07. The molecule has 3 aromatic rings. The van der Waals surface area contributed by atoms with E-state index in [-0.39, 0.29) is 29.2 Å². The first-order chi connectivity index (χ1) is 15.3. The van der Waals surface area contributed by atoms with Crippen LogP contribution in [0.5, 0.6) is 11.5 Å². The van der Waals surface area contributed by atoms with Gasteiger partial charge in [-0.15, -0.1) is 0 Å². The molecular formula is C21H24N4O5S2. The number of hydrogen-bond acceptors (Lipinski definition) is 8. The monoisotopic (exact) mass is 476 g/mol. The molecule has 0 unspecified atom stereocenters. The lowest BCUT2D eigenvalue weighted by Gasteiger charge is -2.11. The van der Waals surface area contributed by atoms with Crippen molar-refractivity contribution >= 4 is 33.2 Å². The second-order valence-electron chi connectivity index (χ2n) is 7.56. The number of thioether (sulfide) groups is 1. The molecule has 4 rings (SSSR count). The number of ether oxygens (including phenoxy) is 2. The molecule has 1 aliphatic heterocycles. The average Bonchev–Trinajstić information content (AvgIpc) is 3.33. The van der Waals surface area contributed by atoms with Crippen LogP contribution in [0.2, 0.25) is 0 Å². The molecule has 1 fully saturated rings. The van der Waals surface area contributed by atoms with E-state index in [1.807, 2.05) is 31.2 Å². The van der Waals surface area contributed by atoms with Crippen molar-refractivity contribution in [3.8, 4) is 22.6 Å². The predicted molar refractivity (Wildman–Crippen MR) is 122 cm³/mol. The van der Waals surface area contributed by atoms with Crippen molar-refractivity contribution in [3.63, 3.8) is 0 Å². The van der Waals surface area contributed by atoms with Crippen LogP contribution in [0, 0.1) is 6.92 Å². The smallest absolute Gasteiger partial charge is 0.230 e. The van der Waals surface area contributed by atoms with Gasteiger partial charge in [-0.25, -0.2) is 17.9 Å². The third-order valence-electron chi connectivity index (χ3n) is 5.21. The van der Waals surface area contributed by atoms with Gasteiger partial charge >= 0.3 is 0 Å². The standard InChI is InChI=1S/C21H24N4O5S2/c1-13-8-20(31-11-19(26)24-15-6-7-32(27,28)12-15)25-21(23-13)16(10-22-25)14-4-5-17(29-2)18(9-14)30-3/h4-5,8-10,15H,6-7,11-12H2,1-3H3,(H,24,26)/t15-/m1/s1. The number of sulfone groups is 1. The van der Waals surface area contributed by atoms with Gasteiger partial charge in [-0.1, -0.05) is 17.8 Å². The third-order valence-corrected chi connectivity index (χ3v) is 7.97. The van der Waals surface area contributed by atoms with Crippen LogP contribution >= 0.6 is 11.8 Å². The molecule has 0 spiro atoms. The molecule has 1 amide bonds. The van der Waals surface area contributed by atoms with Crippen LogP contribution in [-0.2, 0) is 14.6 Å². The Morgan fingerprint density at radius 3 is 2.72 bits per heavy atom. The van der Waals surface area contributed by atoms with Crippen molar-refractivity contribution in [2.75, 3.05) is 31.5 Å². The molecule has 3 heterocycles. The maximum atomic E-state index is 12.4. The Bertz CT molecular complexity index is 1270. The van der Waals surface area contributed by atoms with E-state index < -0.39 is 9.84 Å². The summed E-state index contributed by atoms with van der Waals surface area (Å²) in [7, 11) is 0.134. The van der Waals surface area contributed by atoms with Gasteiger partial charge < -0.3 is 14.8 Å². The summed E-state index contributed by atoms with van der Waals surface area (Å²) >= 11 is 1.33. The summed E-state index contributed by atoms with van der Waals surface area (Å²) in [4.78, 5) is 17.0. The van der Waals surface area contributed by atoms with Crippen LogP contribution < -0.4 is 14.8 Å². The molecule has 0 bridgehead atoms. The molecule has 0 saturated carbocycles. The van der Waals surface area contributed by atoms with Crippen molar-refractivity contribution in [2.45, 2.75) is 24.4 Å². The Morgan fingerprint density at radius 1 is 1.25 bits per heavy atom. The van der Waals surface area contributed by atoms with E-state index in [1.165, 1.54) is 11.8 Å². The average molecular weight is 477 g/mol. The van der Waals surface area contributed by atoms with Gasteiger partial charge in [-0.3, -0.25) is 4.79 Å². The summed E-state index contributed by atoms with van der Waals surface area (Å²) in [6, 6.07) is 7.18. The Balaban J connectivity index is 1.55. The lowest BCUT2D eigenvalue weighted by molar-refractivity contribution is -0.119. The van der Waals surface area contributed by atoms with E-state index in [4.69, 9.17) is 9.47 Å². The molecule has 1 aliphatic rings. The fraction of sp³-hybridized carbons (Fsp3) is 0.381. The molecule has 0 aliphatic carbocycles. The van der Waals surface area contributed by atoms with E-state index in [0.717, 1.165) is 21.8 Å². The van der Waals surface area contributed by atoms with Crippen molar-refractivity contribution in [3.05, 3.63) is 36.2 Å². The number of rotatable bonds is 7. The molecule has 0 radical (unpaired) electrons. The van der Waals surface area contributed by atoms with Gasteiger partial charge in [0.25, 0.3) is 0 Å². The minimum absolute atomic E-state index is 0.00978. The topological polar surface area (TPSA) is 112 Å². The summed E-state index contributed by atoms with van der Waals surface area (Å²) in [6.45, 7) is 1.89. The number of fused-ring (bicyclic) bond motifs is 1.